The van der Waals surface area contributed by atoms with Crippen LogP contribution in [0.5, 0.6) is 0 Å². The summed E-state index contributed by atoms with van der Waals surface area (Å²) in [5.74, 6) is -2.73. The molecule has 7 atom stereocenters. The fourth-order valence-corrected chi connectivity index (χ4v) is 7.12. The molecule has 3 aliphatic rings. The molecule has 39 heavy (non-hydrogen) atoms. The molecule has 0 aromatic heterocycles. The lowest BCUT2D eigenvalue weighted by Gasteiger charge is -2.40. The standard InChI is InChI=1S/C31H50N2O6/c1-8-11-13-15-18-38-29(37)25-24-27(35)33(23(20-34)21(4)5)26(31(24)19-22(6)30(25,7)39-31)28(36)32(16-10-3)17-14-12-9-2/h8,10,21-26,34H,1,3,9,11-20H2,2,4-7H3/t22?,23-,24-,25+,26?,30-,31?/m0/s1. The molecular weight excluding hydrogens is 496 g/mol. The van der Waals surface area contributed by atoms with E-state index in [1.807, 2.05) is 33.8 Å². The highest BCUT2D eigenvalue weighted by atomic mass is 16.6. The first kappa shape index (κ1) is 31.3. The van der Waals surface area contributed by atoms with Crippen molar-refractivity contribution in [1.29, 1.82) is 0 Å². The minimum absolute atomic E-state index is 0.0605. The molecule has 1 N–H and O–H groups in total. The second-order valence-corrected chi connectivity index (χ2v) is 12.2. The first-order valence-corrected chi connectivity index (χ1v) is 14.9. The maximum Gasteiger partial charge on any atom is 0.312 e. The Bertz CT molecular complexity index is 921. The lowest BCUT2D eigenvalue weighted by Crippen LogP contribution is -2.59. The lowest BCUT2D eigenvalue weighted by molar-refractivity contribution is -0.164. The Morgan fingerprint density at radius 3 is 2.54 bits per heavy atom. The van der Waals surface area contributed by atoms with Gasteiger partial charge in [0.05, 0.1) is 30.8 Å². The van der Waals surface area contributed by atoms with Crippen LogP contribution in [0, 0.1) is 23.7 Å². The Hall–Kier alpha value is -2.19. The number of nitrogens with zero attached hydrogens (tertiary/aromatic N) is 2. The van der Waals surface area contributed by atoms with Crippen LogP contribution in [-0.4, -0.2) is 82.3 Å². The number of hydrogen-bond donors (Lipinski definition) is 1. The van der Waals surface area contributed by atoms with Gasteiger partial charge in [0, 0.05) is 13.1 Å². The quantitative estimate of drug-likeness (QED) is 0.178. The van der Waals surface area contributed by atoms with Crippen LogP contribution in [0.1, 0.15) is 79.6 Å². The molecule has 3 unspecified atom stereocenters. The maximum absolute atomic E-state index is 14.4. The third-order valence-electron chi connectivity index (χ3n) is 9.29. The van der Waals surface area contributed by atoms with Gasteiger partial charge in [0.25, 0.3) is 0 Å². The number of amides is 2. The minimum atomic E-state index is -1.15. The van der Waals surface area contributed by atoms with Gasteiger partial charge < -0.3 is 24.4 Å². The molecule has 2 bridgehead atoms. The summed E-state index contributed by atoms with van der Waals surface area (Å²) in [5, 5.41) is 10.4. The van der Waals surface area contributed by atoms with E-state index in [2.05, 4.69) is 20.1 Å². The van der Waals surface area contributed by atoms with Crippen molar-refractivity contribution in [3.8, 4) is 0 Å². The summed E-state index contributed by atoms with van der Waals surface area (Å²) >= 11 is 0. The molecule has 0 aliphatic carbocycles. The summed E-state index contributed by atoms with van der Waals surface area (Å²) in [6, 6.07) is -1.50. The third-order valence-corrected chi connectivity index (χ3v) is 9.29. The van der Waals surface area contributed by atoms with E-state index in [-0.39, 0.29) is 36.9 Å². The maximum atomic E-state index is 14.4. The largest absolute Gasteiger partial charge is 0.465 e. The highest BCUT2D eigenvalue weighted by molar-refractivity contribution is 5.98. The monoisotopic (exact) mass is 546 g/mol. The molecule has 0 aromatic carbocycles. The van der Waals surface area contributed by atoms with E-state index in [1.54, 1.807) is 15.9 Å². The Balaban J connectivity index is 2.03. The second kappa shape index (κ2) is 13.0. The van der Waals surface area contributed by atoms with Crippen molar-refractivity contribution in [2.45, 2.75) is 103 Å². The number of fused-ring (bicyclic) bond motifs is 1. The molecule has 3 fully saturated rings. The van der Waals surface area contributed by atoms with Crippen LogP contribution < -0.4 is 0 Å². The Labute approximate surface area is 234 Å². The van der Waals surface area contributed by atoms with Crippen molar-refractivity contribution < 1.29 is 29.0 Å². The average molecular weight is 547 g/mol. The molecule has 8 nitrogen and oxygen atoms in total. The van der Waals surface area contributed by atoms with Gasteiger partial charge in [-0.3, -0.25) is 14.4 Å². The number of ether oxygens (including phenoxy) is 2. The molecule has 3 aliphatic heterocycles. The topological polar surface area (TPSA) is 96.4 Å². The van der Waals surface area contributed by atoms with E-state index >= 15 is 0 Å². The predicted molar refractivity (Wildman–Crippen MR) is 151 cm³/mol. The number of hydrogen-bond acceptors (Lipinski definition) is 6. The number of aliphatic hydroxyl groups excluding tert-OH is 1. The number of carbonyl (C=O) groups is 3. The van der Waals surface area contributed by atoms with Crippen LogP contribution >= 0.6 is 0 Å². The van der Waals surface area contributed by atoms with Crippen LogP contribution in [0.25, 0.3) is 0 Å². The van der Waals surface area contributed by atoms with Gasteiger partial charge in [-0.05, 0) is 50.9 Å². The van der Waals surface area contributed by atoms with E-state index in [0.717, 1.165) is 32.1 Å². The number of allylic oxidation sites excluding steroid dienone is 1. The first-order valence-electron chi connectivity index (χ1n) is 14.9. The predicted octanol–water partition coefficient (Wildman–Crippen LogP) is 4.12. The minimum Gasteiger partial charge on any atom is -0.465 e. The summed E-state index contributed by atoms with van der Waals surface area (Å²) in [6.07, 6.45) is 9.31. The molecule has 3 saturated heterocycles. The smallest absolute Gasteiger partial charge is 0.312 e. The molecule has 3 heterocycles. The normalized spacial score (nSPS) is 31.9. The van der Waals surface area contributed by atoms with Crippen molar-refractivity contribution in [3.63, 3.8) is 0 Å². The number of esters is 1. The van der Waals surface area contributed by atoms with Crippen LogP contribution in [0.3, 0.4) is 0 Å². The third kappa shape index (κ3) is 5.56. The van der Waals surface area contributed by atoms with Gasteiger partial charge in [-0.25, -0.2) is 0 Å². The highest BCUT2D eigenvalue weighted by Gasteiger charge is 2.80. The van der Waals surface area contributed by atoms with Crippen LogP contribution in [-0.2, 0) is 23.9 Å². The van der Waals surface area contributed by atoms with Crippen molar-refractivity contribution in [2.24, 2.45) is 23.7 Å². The van der Waals surface area contributed by atoms with Gasteiger partial charge in [-0.15, -0.1) is 13.2 Å². The zero-order valence-electron chi connectivity index (χ0n) is 24.7. The molecule has 220 valence electrons. The van der Waals surface area contributed by atoms with Crippen LogP contribution in [0.2, 0.25) is 0 Å². The molecule has 1 spiro atoms. The van der Waals surface area contributed by atoms with Crippen molar-refractivity contribution >= 4 is 17.8 Å². The SMILES string of the molecule is C=CCCCCOC(=O)[C@H]1[C@H]2C(=O)N([C@@H](CO)C(C)C)C(C(=O)N(CC=C)CCCCC)C23CC(C)[C@]1(C)O3. The summed E-state index contributed by atoms with van der Waals surface area (Å²) < 4.78 is 12.5. The summed E-state index contributed by atoms with van der Waals surface area (Å²) in [6.45, 7) is 18.4. The lowest BCUT2D eigenvalue weighted by atomic mass is 9.62. The van der Waals surface area contributed by atoms with E-state index in [1.165, 1.54) is 0 Å². The van der Waals surface area contributed by atoms with E-state index < -0.39 is 41.1 Å². The van der Waals surface area contributed by atoms with Crippen molar-refractivity contribution in [2.75, 3.05) is 26.3 Å². The Kier molecular flexibility index (Phi) is 10.4. The van der Waals surface area contributed by atoms with Crippen LogP contribution in [0.4, 0.5) is 0 Å². The summed E-state index contributed by atoms with van der Waals surface area (Å²) in [7, 11) is 0. The fourth-order valence-electron chi connectivity index (χ4n) is 7.12. The molecule has 0 radical (unpaired) electrons. The van der Waals surface area contributed by atoms with E-state index in [9.17, 15) is 19.5 Å². The van der Waals surface area contributed by atoms with Gasteiger partial charge in [0.2, 0.25) is 11.8 Å². The molecule has 0 aromatic rings. The average Bonchev–Trinajstić information content (AvgIpc) is 3.40. The Morgan fingerprint density at radius 1 is 1.23 bits per heavy atom. The fraction of sp³-hybridized carbons (Fsp3) is 0.774. The van der Waals surface area contributed by atoms with Gasteiger partial charge >= 0.3 is 5.97 Å². The number of rotatable bonds is 16. The molecule has 2 amide bonds. The number of aliphatic hydroxyl groups is 1. The second-order valence-electron chi connectivity index (χ2n) is 12.2. The van der Waals surface area contributed by atoms with Crippen LogP contribution in [0.15, 0.2) is 25.3 Å². The number of carbonyl (C=O) groups excluding carboxylic acids is 3. The zero-order valence-corrected chi connectivity index (χ0v) is 24.7. The molecule has 0 saturated carbocycles. The first-order chi connectivity index (χ1) is 18.5. The molecule has 8 heteroatoms. The highest BCUT2D eigenvalue weighted by Crippen LogP contribution is 2.65. The van der Waals surface area contributed by atoms with E-state index in [0.29, 0.717) is 25.9 Å². The summed E-state index contributed by atoms with van der Waals surface area (Å²) in [5.41, 5.74) is -2.07. The number of unbranched alkanes of at least 4 members (excludes halogenated alkanes) is 4. The number of likely N-dealkylation sites (tertiary alicyclic amines) is 1. The Morgan fingerprint density at radius 2 is 1.95 bits per heavy atom. The summed E-state index contributed by atoms with van der Waals surface area (Å²) in [4.78, 5) is 45.7. The zero-order chi connectivity index (χ0) is 29.0. The van der Waals surface area contributed by atoms with E-state index in [4.69, 9.17) is 9.47 Å². The van der Waals surface area contributed by atoms with Gasteiger partial charge in [0.15, 0.2) is 0 Å². The van der Waals surface area contributed by atoms with Gasteiger partial charge in [-0.1, -0.05) is 52.7 Å². The molecule has 3 rings (SSSR count). The van der Waals surface area contributed by atoms with Crippen molar-refractivity contribution in [1.82, 2.24) is 9.80 Å². The van der Waals surface area contributed by atoms with Gasteiger partial charge in [-0.2, -0.15) is 0 Å². The van der Waals surface area contributed by atoms with Gasteiger partial charge in [0.1, 0.15) is 17.6 Å². The van der Waals surface area contributed by atoms with Crippen molar-refractivity contribution in [3.05, 3.63) is 25.3 Å². The molecular formula is C31H50N2O6.